The van der Waals surface area contributed by atoms with Gasteiger partial charge < -0.3 is 9.52 Å². The minimum absolute atomic E-state index is 0.0428. The minimum Gasteiger partial charge on any atom is -0.478 e. The first kappa shape index (κ1) is 9.73. The van der Waals surface area contributed by atoms with Gasteiger partial charge in [-0.3, -0.25) is 0 Å². The van der Waals surface area contributed by atoms with Crippen molar-refractivity contribution in [2.24, 2.45) is 0 Å². The quantitative estimate of drug-likeness (QED) is 0.795. The number of carboxylic acid groups (broad SMARTS) is 1. The zero-order valence-electron chi connectivity index (χ0n) is 7.48. The van der Waals surface area contributed by atoms with Gasteiger partial charge in [-0.25, -0.2) is 4.79 Å². The molecule has 0 spiro atoms. The van der Waals surface area contributed by atoms with Crippen LogP contribution in [0, 0.1) is 0 Å². The van der Waals surface area contributed by atoms with E-state index in [9.17, 15) is 4.79 Å². The van der Waals surface area contributed by atoms with E-state index in [1.165, 1.54) is 6.08 Å². The van der Waals surface area contributed by atoms with Gasteiger partial charge in [0, 0.05) is 11.6 Å². The van der Waals surface area contributed by atoms with E-state index in [1.54, 1.807) is 18.2 Å². The van der Waals surface area contributed by atoms with E-state index in [-0.39, 0.29) is 5.35 Å². The van der Waals surface area contributed by atoms with Crippen LogP contribution in [-0.4, -0.2) is 16.1 Å². The second-order valence-electron chi connectivity index (χ2n) is 2.83. The fourth-order valence-corrected chi connectivity index (χ4v) is 1.40. The molecule has 0 bridgehead atoms. The lowest BCUT2D eigenvalue weighted by molar-refractivity contribution is -0.131. The Morgan fingerprint density at radius 1 is 1.53 bits per heavy atom. The molecule has 1 heterocycles. The number of para-hydroxylation sites is 1. The van der Waals surface area contributed by atoms with Gasteiger partial charge in [-0.15, -0.1) is 0 Å². The van der Waals surface area contributed by atoms with E-state index < -0.39 is 5.97 Å². The number of rotatable bonds is 2. The maximum absolute atomic E-state index is 10.4. The number of hydrogen-bond acceptors (Lipinski definition) is 3. The first-order valence-electron chi connectivity index (χ1n) is 4.13. The minimum atomic E-state index is -1.02. The number of carboxylic acids is 1. The third-order valence-corrected chi connectivity index (χ3v) is 1.99. The Kier molecular flexibility index (Phi) is 2.43. The number of nitrogens with zero attached hydrogens (tertiary/aromatic N) is 1. The Bertz CT molecular complexity index is 545. The summed E-state index contributed by atoms with van der Waals surface area (Å²) in [6, 6.07) is 5.22. The first-order chi connectivity index (χ1) is 7.16. The number of aromatic nitrogens is 1. The monoisotopic (exact) mass is 223 g/mol. The van der Waals surface area contributed by atoms with Crippen molar-refractivity contribution < 1.29 is 14.3 Å². The summed E-state index contributed by atoms with van der Waals surface area (Å²) in [5.41, 5.74) is 1.72. The Labute approximate surface area is 89.8 Å². The lowest BCUT2D eigenvalue weighted by Crippen LogP contribution is -1.85. The van der Waals surface area contributed by atoms with Gasteiger partial charge in [0.25, 0.3) is 5.35 Å². The van der Waals surface area contributed by atoms with Crippen LogP contribution < -0.4 is 0 Å². The fraction of sp³-hybridized carbons (Fsp3) is 0. The van der Waals surface area contributed by atoms with Crippen molar-refractivity contribution in [3.8, 4) is 0 Å². The number of benzene rings is 1. The van der Waals surface area contributed by atoms with Crippen molar-refractivity contribution in [1.82, 2.24) is 4.98 Å². The molecule has 0 aliphatic carbocycles. The third kappa shape index (κ3) is 1.99. The van der Waals surface area contributed by atoms with Gasteiger partial charge >= 0.3 is 5.97 Å². The standard InChI is InChI=1S/C10H6ClNO3/c11-10-12-7-3-1-2-6(9(7)15-10)4-5-8(13)14/h1-5H,(H,13,14)/b5-4+. The fourth-order valence-electron chi connectivity index (χ4n) is 1.24. The molecule has 0 fully saturated rings. The molecule has 0 saturated carbocycles. The molecular weight excluding hydrogens is 218 g/mol. The summed E-state index contributed by atoms with van der Waals surface area (Å²) in [4.78, 5) is 14.3. The molecule has 4 nitrogen and oxygen atoms in total. The van der Waals surface area contributed by atoms with Gasteiger partial charge in [-0.1, -0.05) is 12.1 Å². The summed E-state index contributed by atoms with van der Waals surface area (Å²) >= 11 is 5.60. The zero-order chi connectivity index (χ0) is 10.8. The normalized spacial score (nSPS) is 11.3. The van der Waals surface area contributed by atoms with Gasteiger partial charge in [0.2, 0.25) is 0 Å². The Balaban J connectivity index is 2.55. The molecule has 1 aromatic carbocycles. The van der Waals surface area contributed by atoms with Crippen LogP contribution in [0.25, 0.3) is 17.2 Å². The van der Waals surface area contributed by atoms with E-state index in [1.807, 2.05) is 0 Å². The predicted octanol–water partition coefficient (Wildman–Crippen LogP) is 2.58. The van der Waals surface area contributed by atoms with Crippen molar-refractivity contribution in [2.45, 2.75) is 0 Å². The molecule has 0 unspecified atom stereocenters. The molecule has 0 amide bonds. The smallest absolute Gasteiger partial charge is 0.328 e. The van der Waals surface area contributed by atoms with Crippen LogP contribution in [0.1, 0.15) is 5.56 Å². The van der Waals surface area contributed by atoms with Crippen LogP contribution in [0.4, 0.5) is 0 Å². The van der Waals surface area contributed by atoms with Crippen LogP contribution >= 0.6 is 11.6 Å². The number of carbonyl (C=O) groups is 1. The highest BCUT2D eigenvalue weighted by atomic mass is 35.5. The van der Waals surface area contributed by atoms with Crippen molar-refractivity contribution in [1.29, 1.82) is 0 Å². The Morgan fingerprint density at radius 3 is 3.07 bits per heavy atom. The molecule has 15 heavy (non-hydrogen) atoms. The molecule has 1 N–H and O–H groups in total. The van der Waals surface area contributed by atoms with Crippen LogP contribution in [0.3, 0.4) is 0 Å². The van der Waals surface area contributed by atoms with E-state index in [0.29, 0.717) is 16.7 Å². The van der Waals surface area contributed by atoms with Gasteiger partial charge in [-0.2, -0.15) is 4.98 Å². The lowest BCUT2D eigenvalue weighted by Gasteiger charge is -1.92. The van der Waals surface area contributed by atoms with Crippen LogP contribution in [0.15, 0.2) is 28.7 Å². The maximum atomic E-state index is 10.4. The summed E-state index contributed by atoms with van der Waals surface area (Å²) in [6.07, 6.45) is 2.47. The van der Waals surface area contributed by atoms with E-state index in [2.05, 4.69) is 4.98 Å². The summed E-state index contributed by atoms with van der Waals surface area (Å²) in [6.45, 7) is 0. The Hall–Kier alpha value is -1.81. The van der Waals surface area contributed by atoms with E-state index in [0.717, 1.165) is 6.08 Å². The average Bonchev–Trinajstić information content (AvgIpc) is 2.55. The maximum Gasteiger partial charge on any atom is 0.328 e. The van der Waals surface area contributed by atoms with Gasteiger partial charge in [0.1, 0.15) is 5.52 Å². The number of hydrogen-bond donors (Lipinski definition) is 1. The lowest BCUT2D eigenvalue weighted by atomic mass is 10.2. The summed E-state index contributed by atoms with van der Waals surface area (Å²) in [5.74, 6) is -1.02. The van der Waals surface area contributed by atoms with Crippen molar-refractivity contribution in [3.63, 3.8) is 0 Å². The molecule has 76 valence electrons. The molecule has 0 radical (unpaired) electrons. The van der Waals surface area contributed by atoms with Crippen LogP contribution in [0.5, 0.6) is 0 Å². The molecule has 0 aliphatic heterocycles. The Morgan fingerprint density at radius 2 is 2.33 bits per heavy atom. The average molecular weight is 224 g/mol. The molecular formula is C10H6ClNO3. The van der Waals surface area contributed by atoms with Crippen molar-refractivity contribution in [3.05, 3.63) is 35.2 Å². The molecule has 0 aliphatic rings. The molecule has 1 aromatic heterocycles. The molecule has 0 saturated heterocycles. The number of oxazole rings is 1. The number of halogens is 1. The SMILES string of the molecule is O=C(O)/C=C/c1cccc2nc(Cl)oc12. The summed E-state index contributed by atoms with van der Waals surface area (Å²) in [5, 5.41) is 8.54. The van der Waals surface area contributed by atoms with Gasteiger partial charge in [0.15, 0.2) is 5.58 Å². The first-order valence-corrected chi connectivity index (χ1v) is 4.50. The topological polar surface area (TPSA) is 63.3 Å². The van der Waals surface area contributed by atoms with Crippen molar-refractivity contribution in [2.75, 3.05) is 0 Å². The molecule has 2 aromatic rings. The zero-order valence-corrected chi connectivity index (χ0v) is 8.23. The van der Waals surface area contributed by atoms with E-state index >= 15 is 0 Å². The second kappa shape index (κ2) is 3.74. The third-order valence-electron chi connectivity index (χ3n) is 1.82. The number of aliphatic carboxylic acids is 1. The highest BCUT2D eigenvalue weighted by molar-refractivity contribution is 6.28. The van der Waals surface area contributed by atoms with Crippen LogP contribution in [-0.2, 0) is 4.79 Å². The van der Waals surface area contributed by atoms with Gasteiger partial charge in [0.05, 0.1) is 0 Å². The number of fused-ring (bicyclic) bond motifs is 1. The molecule has 0 atom stereocenters. The highest BCUT2D eigenvalue weighted by Gasteiger charge is 2.06. The summed E-state index contributed by atoms with van der Waals surface area (Å²) in [7, 11) is 0. The van der Waals surface area contributed by atoms with E-state index in [4.69, 9.17) is 21.1 Å². The largest absolute Gasteiger partial charge is 0.478 e. The highest BCUT2D eigenvalue weighted by Crippen LogP contribution is 2.23. The van der Waals surface area contributed by atoms with Crippen molar-refractivity contribution >= 4 is 34.7 Å². The molecule has 2 rings (SSSR count). The second-order valence-corrected chi connectivity index (χ2v) is 3.16. The predicted molar refractivity (Wildman–Crippen MR) is 55.7 cm³/mol. The van der Waals surface area contributed by atoms with Crippen LogP contribution in [0.2, 0.25) is 5.35 Å². The molecule has 5 heteroatoms. The summed E-state index contributed by atoms with van der Waals surface area (Å²) < 4.78 is 5.14. The van der Waals surface area contributed by atoms with Gasteiger partial charge in [-0.05, 0) is 23.7 Å².